The summed E-state index contributed by atoms with van der Waals surface area (Å²) in [7, 11) is -3.48. The number of anilines is 1. The minimum absolute atomic E-state index is 0.0276. The van der Waals surface area contributed by atoms with Gasteiger partial charge >= 0.3 is 0 Å². The molecule has 0 saturated heterocycles. The van der Waals surface area contributed by atoms with E-state index in [0.29, 0.717) is 29.2 Å². The molecule has 1 amide bonds. The van der Waals surface area contributed by atoms with Gasteiger partial charge in [0.1, 0.15) is 0 Å². The van der Waals surface area contributed by atoms with Crippen molar-refractivity contribution in [3.05, 3.63) is 89.5 Å². The highest BCUT2D eigenvalue weighted by Crippen LogP contribution is 2.26. The maximum atomic E-state index is 12.4. The third-order valence-corrected chi connectivity index (χ3v) is 5.79. The van der Waals surface area contributed by atoms with Gasteiger partial charge in [0.2, 0.25) is 10.0 Å². The zero-order valence-electron chi connectivity index (χ0n) is 18.3. The van der Waals surface area contributed by atoms with Crippen molar-refractivity contribution in [3.8, 4) is 11.5 Å². The van der Waals surface area contributed by atoms with Crippen LogP contribution in [0.5, 0.6) is 11.5 Å². The summed E-state index contributed by atoms with van der Waals surface area (Å²) in [6.07, 6.45) is 2.60. The lowest BCUT2D eigenvalue weighted by Crippen LogP contribution is -2.29. The van der Waals surface area contributed by atoms with Crippen molar-refractivity contribution in [2.45, 2.75) is 13.5 Å². The van der Waals surface area contributed by atoms with Crippen LogP contribution in [0, 0.1) is 0 Å². The van der Waals surface area contributed by atoms with E-state index in [0.717, 1.165) is 11.8 Å². The van der Waals surface area contributed by atoms with Crippen molar-refractivity contribution in [1.29, 1.82) is 0 Å². The molecule has 33 heavy (non-hydrogen) atoms. The molecule has 0 radical (unpaired) electrons. The number of amides is 1. The van der Waals surface area contributed by atoms with Crippen LogP contribution in [-0.4, -0.2) is 38.5 Å². The van der Waals surface area contributed by atoms with Crippen molar-refractivity contribution in [2.75, 3.05) is 17.2 Å². The zero-order valence-corrected chi connectivity index (χ0v) is 19.1. The zero-order chi connectivity index (χ0) is 23.8. The highest BCUT2D eigenvalue weighted by molar-refractivity contribution is 7.92. The van der Waals surface area contributed by atoms with Gasteiger partial charge in [0, 0.05) is 5.56 Å². The van der Waals surface area contributed by atoms with Gasteiger partial charge in [0.05, 0.1) is 31.3 Å². The van der Waals surface area contributed by atoms with Gasteiger partial charge in [0.15, 0.2) is 11.5 Å². The van der Waals surface area contributed by atoms with E-state index in [4.69, 9.17) is 4.74 Å². The highest BCUT2D eigenvalue weighted by Gasteiger charge is 2.17. The number of ether oxygens (including phenoxy) is 1. The van der Waals surface area contributed by atoms with Crippen LogP contribution in [0.2, 0.25) is 0 Å². The quantitative estimate of drug-likeness (QED) is 0.370. The Balaban J connectivity index is 1.65. The molecule has 0 aliphatic heterocycles. The molecule has 0 aliphatic rings. The molecule has 0 aliphatic carbocycles. The lowest BCUT2D eigenvalue weighted by molar-refractivity contribution is 0.0955. The van der Waals surface area contributed by atoms with Crippen LogP contribution in [0.4, 0.5) is 5.69 Å². The summed E-state index contributed by atoms with van der Waals surface area (Å²) >= 11 is 0. The third-order valence-electron chi connectivity index (χ3n) is 4.65. The molecule has 3 aromatic rings. The fraction of sp³-hybridized carbons (Fsp3) is 0.167. The van der Waals surface area contributed by atoms with Gasteiger partial charge in [-0.3, -0.25) is 9.10 Å². The predicted octanol–water partition coefficient (Wildman–Crippen LogP) is 3.52. The number of phenols is 1. The number of aromatic hydroxyl groups is 1. The second-order valence-corrected chi connectivity index (χ2v) is 9.07. The first-order valence-corrected chi connectivity index (χ1v) is 12.0. The maximum Gasteiger partial charge on any atom is 0.271 e. The summed E-state index contributed by atoms with van der Waals surface area (Å²) < 4.78 is 31.1. The monoisotopic (exact) mass is 467 g/mol. The van der Waals surface area contributed by atoms with Crippen LogP contribution in [0.15, 0.2) is 77.9 Å². The van der Waals surface area contributed by atoms with Crippen LogP contribution in [0.1, 0.15) is 28.4 Å². The van der Waals surface area contributed by atoms with Gasteiger partial charge in [-0.15, -0.1) is 0 Å². The SMILES string of the molecule is CCOc1cc(/C=N\NC(=O)c2ccc(CN(c3ccccc3)S(C)(=O)=O)cc2)ccc1O. The van der Waals surface area contributed by atoms with Crippen molar-refractivity contribution in [3.63, 3.8) is 0 Å². The second-order valence-electron chi connectivity index (χ2n) is 7.16. The minimum Gasteiger partial charge on any atom is -0.504 e. The molecule has 172 valence electrons. The number of hydrazone groups is 1. The Morgan fingerprint density at radius 2 is 1.79 bits per heavy atom. The van der Waals surface area contributed by atoms with E-state index in [-0.39, 0.29) is 12.3 Å². The number of para-hydroxylation sites is 1. The van der Waals surface area contributed by atoms with Crippen LogP contribution < -0.4 is 14.5 Å². The standard InChI is InChI=1S/C24H25N3O5S/c1-3-32-23-15-19(11-14-22(23)28)16-25-26-24(29)20-12-9-18(10-13-20)17-27(33(2,30)31)21-7-5-4-6-8-21/h4-16,28H,3,17H2,1-2H3,(H,26,29)/b25-16-. The summed E-state index contributed by atoms with van der Waals surface area (Å²) in [5.74, 6) is -0.0496. The fourth-order valence-corrected chi connectivity index (χ4v) is 3.92. The molecular weight excluding hydrogens is 442 g/mol. The molecule has 8 nitrogen and oxygen atoms in total. The summed E-state index contributed by atoms with van der Waals surface area (Å²) in [5, 5.41) is 13.7. The first-order chi connectivity index (χ1) is 15.8. The topological polar surface area (TPSA) is 108 Å². The van der Waals surface area contributed by atoms with Gasteiger partial charge in [-0.25, -0.2) is 13.8 Å². The van der Waals surface area contributed by atoms with Crippen LogP contribution >= 0.6 is 0 Å². The molecule has 2 N–H and O–H groups in total. The number of carbonyl (C=O) groups excluding carboxylic acids is 1. The first kappa shape index (κ1) is 23.8. The normalized spacial score (nSPS) is 11.3. The van der Waals surface area contributed by atoms with Gasteiger partial charge in [0.25, 0.3) is 5.91 Å². The smallest absolute Gasteiger partial charge is 0.271 e. The van der Waals surface area contributed by atoms with Crippen LogP contribution in [0.3, 0.4) is 0 Å². The average molecular weight is 468 g/mol. The Morgan fingerprint density at radius 3 is 2.42 bits per heavy atom. The Labute approximate surface area is 193 Å². The Hall–Kier alpha value is -3.85. The second kappa shape index (κ2) is 10.6. The summed E-state index contributed by atoms with van der Waals surface area (Å²) in [4.78, 5) is 12.4. The number of nitrogens with one attached hydrogen (secondary N) is 1. The van der Waals surface area contributed by atoms with Crippen LogP contribution in [0.25, 0.3) is 0 Å². The Kier molecular flexibility index (Phi) is 7.68. The Morgan fingerprint density at radius 1 is 1.09 bits per heavy atom. The van der Waals surface area contributed by atoms with E-state index < -0.39 is 15.9 Å². The molecule has 3 aromatic carbocycles. The molecule has 0 spiro atoms. The molecule has 0 saturated carbocycles. The van der Waals surface area contributed by atoms with E-state index in [1.807, 2.05) is 13.0 Å². The van der Waals surface area contributed by atoms with Gasteiger partial charge < -0.3 is 9.84 Å². The number of benzene rings is 3. The van der Waals surface area contributed by atoms with Crippen LogP contribution in [-0.2, 0) is 16.6 Å². The average Bonchev–Trinajstić information content (AvgIpc) is 2.80. The molecular formula is C24H25N3O5S. The summed E-state index contributed by atoms with van der Waals surface area (Å²) in [6.45, 7) is 2.37. The van der Waals surface area contributed by atoms with Crippen molar-refractivity contribution in [2.24, 2.45) is 5.10 Å². The number of hydrogen-bond donors (Lipinski definition) is 2. The molecule has 0 atom stereocenters. The summed E-state index contributed by atoms with van der Waals surface area (Å²) in [6, 6.07) is 20.2. The first-order valence-electron chi connectivity index (χ1n) is 10.2. The van der Waals surface area contributed by atoms with Gasteiger partial charge in [-0.05, 0) is 60.5 Å². The van der Waals surface area contributed by atoms with Crippen molar-refractivity contribution < 1.29 is 23.1 Å². The molecule has 0 heterocycles. The van der Waals surface area contributed by atoms with E-state index in [1.165, 1.54) is 16.6 Å². The molecule has 0 unspecified atom stereocenters. The number of nitrogens with zero attached hydrogens (tertiary/aromatic N) is 2. The highest BCUT2D eigenvalue weighted by atomic mass is 32.2. The van der Waals surface area contributed by atoms with E-state index in [9.17, 15) is 18.3 Å². The number of phenolic OH excluding ortho intramolecular Hbond substituents is 1. The summed E-state index contributed by atoms with van der Waals surface area (Å²) in [5.41, 5.74) is 4.77. The van der Waals surface area contributed by atoms with E-state index in [1.54, 1.807) is 60.7 Å². The third kappa shape index (κ3) is 6.56. The number of hydrogen-bond acceptors (Lipinski definition) is 6. The molecule has 3 rings (SSSR count). The van der Waals surface area contributed by atoms with E-state index in [2.05, 4.69) is 10.5 Å². The molecule has 0 bridgehead atoms. The number of sulfonamides is 1. The van der Waals surface area contributed by atoms with Gasteiger partial charge in [-0.2, -0.15) is 5.10 Å². The number of carbonyl (C=O) groups is 1. The largest absolute Gasteiger partial charge is 0.504 e. The molecule has 9 heteroatoms. The fourth-order valence-electron chi connectivity index (χ4n) is 3.03. The minimum atomic E-state index is -3.48. The number of rotatable bonds is 9. The maximum absolute atomic E-state index is 12.4. The molecule has 0 aromatic heterocycles. The van der Waals surface area contributed by atoms with Crippen molar-refractivity contribution in [1.82, 2.24) is 5.43 Å². The lowest BCUT2D eigenvalue weighted by atomic mass is 10.1. The lowest BCUT2D eigenvalue weighted by Gasteiger charge is -2.22. The van der Waals surface area contributed by atoms with Crippen molar-refractivity contribution >= 4 is 27.8 Å². The molecule has 0 fully saturated rings. The van der Waals surface area contributed by atoms with Gasteiger partial charge in [-0.1, -0.05) is 30.3 Å². The van der Waals surface area contributed by atoms with E-state index >= 15 is 0 Å². The Bertz CT molecular complexity index is 1230. The predicted molar refractivity (Wildman–Crippen MR) is 128 cm³/mol.